The molecule has 0 aliphatic carbocycles. The first-order valence-corrected chi connectivity index (χ1v) is 9.91. The Kier molecular flexibility index (Phi) is 4.78. The molecule has 2 aliphatic heterocycles. The zero-order valence-corrected chi connectivity index (χ0v) is 15.3. The molecule has 7 nitrogen and oxygen atoms in total. The topological polar surface area (TPSA) is 102 Å². The molecule has 1 saturated heterocycles. The first kappa shape index (κ1) is 17.2. The summed E-state index contributed by atoms with van der Waals surface area (Å²) in [6.07, 6.45) is 2.53. The van der Waals surface area contributed by atoms with Gasteiger partial charge in [-0.1, -0.05) is 6.07 Å². The van der Waals surface area contributed by atoms with Crippen LogP contribution in [0.3, 0.4) is 0 Å². The van der Waals surface area contributed by atoms with Gasteiger partial charge in [0, 0.05) is 48.6 Å². The van der Waals surface area contributed by atoms with Gasteiger partial charge in [0.25, 0.3) is 5.56 Å². The smallest absolute Gasteiger partial charge is 0.251 e. The van der Waals surface area contributed by atoms with Gasteiger partial charge in [0.05, 0.1) is 5.69 Å². The molecule has 4 heterocycles. The molecule has 1 fully saturated rings. The molecule has 2 bridgehead atoms. The summed E-state index contributed by atoms with van der Waals surface area (Å²) >= 11 is 1.43. The number of nitrogens with zero attached hydrogens (tertiary/aromatic N) is 2. The molecule has 26 heavy (non-hydrogen) atoms. The van der Waals surface area contributed by atoms with Gasteiger partial charge in [-0.05, 0) is 25.3 Å². The average molecular weight is 373 g/mol. The average Bonchev–Trinajstić information content (AvgIpc) is 3.05. The summed E-state index contributed by atoms with van der Waals surface area (Å²) in [5.41, 5.74) is 7.48. The van der Waals surface area contributed by atoms with Gasteiger partial charge in [0.1, 0.15) is 6.04 Å². The third-order valence-corrected chi connectivity index (χ3v) is 6.02. The molecule has 1 amide bonds. The summed E-state index contributed by atoms with van der Waals surface area (Å²) < 4.78 is 1.72. The molecular weight excluding hydrogens is 350 g/mol. The van der Waals surface area contributed by atoms with E-state index in [-0.39, 0.29) is 17.4 Å². The van der Waals surface area contributed by atoms with Crippen molar-refractivity contribution in [3.05, 3.63) is 45.3 Å². The molecule has 2 aromatic heterocycles. The van der Waals surface area contributed by atoms with E-state index in [1.807, 2.05) is 11.4 Å². The van der Waals surface area contributed by atoms with E-state index in [0.717, 1.165) is 43.7 Å². The first-order valence-electron chi connectivity index (χ1n) is 9.03. The van der Waals surface area contributed by atoms with Crippen LogP contribution in [0.2, 0.25) is 0 Å². The van der Waals surface area contributed by atoms with Crippen LogP contribution in [0.5, 0.6) is 0 Å². The van der Waals surface area contributed by atoms with Crippen LogP contribution in [0.25, 0.3) is 0 Å². The van der Waals surface area contributed by atoms with Crippen molar-refractivity contribution in [2.75, 3.05) is 25.4 Å². The molecule has 4 N–H and O–H groups in total. The number of nitrogens with one attached hydrogen (secondary N) is 2. The minimum absolute atomic E-state index is 0.0653. The van der Waals surface area contributed by atoms with Crippen molar-refractivity contribution in [2.24, 2.45) is 5.92 Å². The second kappa shape index (κ2) is 7.20. The number of pyridine rings is 1. The lowest BCUT2D eigenvalue weighted by atomic mass is 9.79. The minimum Gasteiger partial charge on any atom is -0.375 e. The summed E-state index contributed by atoms with van der Waals surface area (Å²) in [7, 11) is 0. The van der Waals surface area contributed by atoms with E-state index >= 15 is 0 Å². The van der Waals surface area contributed by atoms with Gasteiger partial charge >= 0.3 is 0 Å². The number of anilines is 1. The first-order chi connectivity index (χ1) is 12.6. The van der Waals surface area contributed by atoms with Crippen molar-refractivity contribution < 1.29 is 4.79 Å². The van der Waals surface area contributed by atoms with Crippen molar-refractivity contribution >= 4 is 22.4 Å². The maximum atomic E-state index is 12.9. The Balaban J connectivity index is 1.45. The van der Waals surface area contributed by atoms with Crippen molar-refractivity contribution in [1.29, 1.82) is 0 Å². The summed E-state index contributed by atoms with van der Waals surface area (Å²) in [6.45, 7) is 2.20. The number of carbonyl (C=O) groups is 1. The molecular formula is C18H23N5O2S. The van der Waals surface area contributed by atoms with Crippen LogP contribution in [0, 0.1) is 5.92 Å². The van der Waals surface area contributed by atoms with Crippen molar-refractivity contribution in [2.45, 2.75) is 31.2 Å². The van der Waals surface area contributed by atoms with Crippen molar-refractivity contribution in [1.82, 2.24) is 20.2 Å². The number of thiazole rings is 1. The molecule has 0 unspecified atom stereocenters. The van der Waals surface area contributed by atoms with Gasteiger partial charge in [-0.15, -0.1) is 11.3 Å². The highest BCUT2D eigenvalue weighted by molar-refractivity contribution is 7.13. The molecule has 3 atom stereocenters. The van der Waals surface area contributed by atoms with Crippen LogP contribution in [0.1, 0.15) is 36.2 Å². The number of piperidine rings is 1. The fourth-order valence-corrected chi connectivity index (χ4v) is 4.75. The number of aryl methyl sites for hydroxylation is 1. The van der Waals surface area contributed by atoms with Crippen LogP contribution in [0.4, 0.5) is 5.13 Å². The molecule has 2 aliphatic rings. The number of carbonyl (C=O) groups excluding carboxylic acids is 1. The van der Waals surface area contributed by atoms with E-state index in [4.69, 9.17) is 5.73 Å². The van der Waals surface area contributed by atoms with Crippen molar-refractivity contribution in [3.63, 3.8) is 0 Å². The second-order valence-corrected chi connectivity index (χ2v) is 7.92. The molecule has 0 aromatic carbocycles. The Morgan fingerprint density at radius 1 is 1.42 bits per heavy atom. The van der Waals surface area contributed by atoms with Crippen molar-refractivity contribution in [3.8, 4) is 0 Å². The number of amides is 1. The van der Waals surface area contributed by atoms with Crippen LogP contribution in [0.15, 0.2) is 28.4 Å². The summed E-state index contributed by atoms with van der Waals surface area (Å²) in [6, 6.07) is 4.88. The lowest BCUT2D eigenvalue weighted by Gasteiger charge is -2.42. The van der Waals surface area contributed by atoms with E-state index in [1.54, 1.807) is 16.7 Å². The van der Waals surface area contributed by atoms with Gasteiger partial charge in [-0.2, -0.15) is 0 Å². The van der Waals surface area contributed by atoms with E-state index in [0.29, 0.717) is 17.6 Å². The fourth-order valence-electron chi connectivity index (χ4n) is 4.15. The number of fused-ring (bicyclic) bond motifs is 4. The highest BCUT2D eigenvalue weighted by Crippen LogP contribution is 2.38. The van der Waals surface area contributed by atoms with Crippen LogP contribution >= 0.6 is 11.3 Å². The van der Waals surface area contributed by atoms with E-state index < -0.39 is 6.04 Å². The SMILES string of the molecule is Nc1nc(CCCNC(=O)[C@H]2[C@@H]3CNC[C@@H](C3)c3cccc(=O)n32)cs1. The fraction of sp³-hybridized carbons (Fsp3) is 0.500. The quantitative estimate of drug-likeness (QED) is 0.676. The lowest BCUT2D eigenvalue weighted by molar-refractivity contribution is -0.127. The molecule has 8 heteroatoms. The molecule has 0 radical (unpaired) electrons. The second-order valence-electron chi connectivity index (χ2n) is 7.03. The predicted octanol–water partition coefficient (Wildman–Crippen LogP) is 0.884. The number of rotatable bonds is 5. The van der Waals surface area contributed by atoms with E-state index in [2.05, 4.69) is 15.6 Å². The maximum absolute atomic E-state index is 12.9. The molecule has 2 aromatic rings. The third-order valence-electron chi connectivity index (χ3n) is 5.30. The summed E-state index contributed by atoms with van der Waals surface area (Å²) in [4.78, 5) is 29.6. The Morgan fingerprint density at radius 2 is 2.31 bits per heavy atom. The molecule has 0 saturated carbocycles. The zero-order chi connectivity index (χ0) is 18.1. The van der Waals surface area contributed by atoms with Gasteiger partial charge in [0.2, 0.25) is 5.91 Å². The number of hydrogen-bond acceptors (Lipinski definition) is 6. The largest absolute Gasteiger partial charge is 0.375 e. The highest BCUT2D eigenvalue weighted by Gasteiger charge is 2.41. The summed E-state index contributed by atoms with van der Waals surface area (Å²) in [5.74, 6) is 0.394. The van der Waals surface area contributed by atoms with Gasteiger partial charge in [-0.3, -0.25) is 14.2 Å². The highest BCUT2D eigenvalue weighted by atomic mass is 32.1. The van der Waals surface area contributed by atoms with Gasteiger partial charge in [0.15, 0.2) is 5.13 Å². The molecule has 138 valence electrons. The van der Waals surface area contributed by atoms with Gasteiger partial charge in [-0.25, -0.2) is 4.98 Å². The molecule has 0 spiro atoms. The lowest BCUT2D eigenvalue weighted by Crippen LogP contribution is -2.52. The number of aromatic nitrogens is 2. The monoisotopic (exact) mass is 373 g/mol. The van der Waals surface area contributed by atoms with Crippen LogP contribution < -0.4 is 21.9 Å². The molecule has 4 rings (SSSR count). The summed E-state index contributed by atoms with van der Waals surface area (Å²) in [5, 5.41) is 8.94. The van der Waals surface area contributed by atoms with E-state index in [9.17, 15) is 9.59 Å². The third kappa shape index (κ3) is 3.26. The Hall–Kier alpha value is -2.19. The minimum atomic E-state index is -0.433. The Morgan fingerprint density at radius 3 is 3.12 bits per heavy atom. The number of nitrogens with two attached hydrogens (primary N) is 1. The van der Waals surface area contributed by atoms with Crippen LogP contribution in [-0.4, -0.2) is 35.1 Å². The van der Waals surface area contributed by atoms with E-state index in [1.165, 1.54) is 11.3 Å². The number of hydrogen-bond donors (Lipinski definition) is 3. The standard InChI is InChI=1S/C18H23N5O2S/c19-18-22-13(10-26-18)3-2-6-21-17(25)16-12-7-11(8-20-9-12)14-4-1-5-15(24)23(14)16/h1,4-5,10-12,16,20H,2-3,6-9H2,(H2,19,22)(H,21,25)/t11-,12+,16-/m1/s1. The predicted molar refractivity (Wildman–Crippen MR) is 101 cm³/mol. The number of nitrogen functional groups attached to an aromatic ring is 1. The normalized spacial score (nSPS) is 24.1. The Bertz CT molecular complexity index is 861. The van der Waals surface area contributed by atoms with Crippen LogP contribution in [-0.2, 0) is 11.2 Å². The van der Waals surface area contributed by atoms with Gasteiger partial charge < -0.3 is 16.4 Å². The zero-order valence-electron chi connectivity index (χ0n) is 14.5. The maximum Gasteiger partial charge on any atom is 0.251 e. The Labute approximate surface area is 155 Å².